The largest absolute Gasteiger partial charge is 0.335 e. The predicted molar refractivity (Wildman–Crippen MR) is 93.3 cm³/mol. The second-order valence-electron chi connectivity index (χ2n) is 6.40. The van der Waals surface area contributed by atoms with Gasteiger partial charge in [0.2, 0.25) is 0 Å². The van der Waals surface area contributed by atoms with Crippen molar-refractivity contribution in [1.29, 1.82) is 0 Å². The third kappa shape index (κ3) is 2.73. The van der Waals surface area contributed by atoms with Crippen molar-refractivity contribution < 1.29 is 4.79 Å². The lowest BCUT2D eigenvalue weighted by molar-refractivity contribution is 0.251. The van der Waals surface area contributed by atoms with Crippen LogP contribution >= 0.6 is 11.6 Å². The summed E-state index contributed by atoms with van der Waals surface area (Å²) in [6.07, 6.45) is 10.2. The van der Waals surface area contributed by atoms with E-state index in [2.05, 4.69) is 21.4 Å². The van der Waals surface area contributed by atoms with Gasteiger partial charge >= 0.3 is 6.03 Å². The molecule has 2 aromatic rings. The third-order valence-corrected chi connectivity index (χ3v) is 5.21. The van der Waals surface area contributed by atoms with E-state index in [9.17, 15) is 4.79 Å². The molecule has 0 aromatic carbocycles. The number of nitrogens with zero attached hydrogens (tertiary/aromatic N) is 3. The molecular formula is C18H19ClN4O. The molecule has 2 fully saturated rings. The maximum absolute atomic E-state index is 12.5. The van der Waals surface area contributed by atoms with Gasteiger partial charge in [-0.1, -0.05) is 24.4 Å². The summed E-state index contributed by atoms with van der Waals surface area (Å²) in [5.74, 6) is 0.512. The molecule has 1 saturated carbocycles. The first kappa shape index (κ1) is 15.4. The van der Waals surface area contributed by atoms with Crippen LogP contribution in [0.3, 0.4) is 0 Å². The molecule has 24 heavy (non-hydrogen) atoms. The maximum Gasteiger partial charge on any atom is 0.322 e. The fraction of sp³-hybridized carbons (Fsp3) is 0.389. The Morgan fingerprint density at radius 3 is 2.83 bits per heavy atom. The van der Waals surface area contributed by atoms with Gasteiger partial charge in [0.15, 0.2) is 0 Å². The highest BCUT2D eigenvalue weighted by molar-refractivity contribution is 6.29. The predicted octanol–water partition coefficient (Wildman–Crippen LogP) is 4.06. The molecule has 0 bridgehead atoms. The highest BCUT2D eigenvalue weighted by Crippen LogP contribution is 2.41. The molecule has 3 heterocycles. The first-order valence-electron chi connectivity index (χ1n) is 8.36. The number of pyridine rings is 2. The summed E-state index contributed by atoms with van der Waals surface area (Å²) >= 11 is 6.04. The fourth-order valence-electron chi connectivity index (χ4n) is 3.85. The number of aromatic nitrogens is 2. The van der Waals surface area contributed by atoms with Crippen LogP contribution in [0.5, 0.6) is 0 Å². The number of nitrogens with one attached hydrogen (secondary N) is 1. The molecule has 1 unspecified atom stereocenters. The lowest BCUT2D eigenvalue weighted by atomic mass is 9.96. The topological polar surface area (TPSA) is 58.1 Å². The van der Waals surface area contributed by atoms with Crippen LogP contribution in [0.1, 0.15) is 48.8 Å². The number of carbonyl (C=O) groups is 1. The molecule has 5 nitrogen and oxygen atoms in total. The van der Waals surface area contributed by atoms with Crippen LogP contribution in [0.15, 0.2) is 36.8 Å². The monoisotopic (exact) mass is 342 g/mol. The summed E-state index contributed by atoms with van der Waals surface area (Å²) in [5, 5.41) is 3.39. The molecule has 1 N–H and O–H groups in total. The van der Waals surface area contributed by atoms with Crippen molar-refractivity contribution in [2.24, 2.45) is 0 Å². The molecule has 1 atom stereocenters. The molecule has 0 radical (unpaired) electrons. The third-order valence-electron chi connectivity index (χ3n) is 5.00. The Hall–Kier alpha value is -2.14. The second-order valence-corrected chi connectivity index (χ2v) is 6.79. The Morgan fingerprint density at radius 1 is 1.21 bits per heavy atom. The van der Waals surface area contributed by atoms with E-state index in [0.29, 0.717) is 17.6 Å². The maximum atomic E-state index is 12.5. The van der Waals surface area contributed by atoms with Crippen LogP contribution in [0, 0.1) is 0 Å². The molecular weight excluding hydrogens is 324 g/mol. The van der Waals surface area contributed by atoms with Gasteiger partial charge in [0.05, 0.1) is 17.9 Å². The smallest absolute Gasteiger partial charge is 0.322 e. The van der Waals surface area contributed by atoms with E-state index >= 15 is 0 Å². The molecule has 2 amide bonds. The van der Waals surface area contributed by atoms with E-state index < -0.39 is 0 Å². The standard InChI is InChI=1S/C18H19ClN4O/c19-17-9-13(5-8-21-17)15-11-22-18(24)23(15)16-10-20-7-6-14(16)12-3-1-2-4-12/h5-10,12,15H,1-4,11H2,(H,22,24). The van der Waals surface area contributed by atoms with Gasteiger partial charge < -0.3 is 5.32 Å². The molecule has 1 saturated heterocycles. The minimum absolute atomic E-state index is 0.0832. The van der Waals surface area contributed by atoms with E-state index in [1.54, 1.807) is 6.20 Å². The number of urea groups is 1. The first-order chi connectivity index (χ1) is 11.7. The molecule has 2 aromatic heterocycles. The van der Waals surface area contributed by atoms with E-state index in [1.165, 1.54) is 31.2 Å². The van der Waals surface area contributed by atoms with Gasteiger partial charge in [-0.15, -0.1) is 0 Å². The Balaban J connectivity index is 1.75. The summed E-state index contributed by atoms with van der Waals surface area (Å²) in [6, 6.07) is 5.62. The van der Waals surface area contributed by atoms with Crippen LogP contribution in [-0.2, 0) is 0 Å². The molecule has 1 aliphatic carbocycles. The number of amides is 2. The summed E-state index contributed by atoms with van der Waals surface area (Å²) < 4.78 is 0. The van der Waals surface area contributed by atoms with Crippen LogP contribution in [0.4, 0.5) is 10.5 Å². The minimum Gasteiger partial charge on any atom is -0.335 e. The molecule has 124 valence electrons. The van der Waals surface area contributed by atoms with Gasteiger partial charge in [0.1, 0.15) is 5.15 Å². The van der Waals surface area contributed by atoms with Crippen molar-refractivity contribution in [2.45, 2.75) is 37.6 Å². The van der Waals surface area contributed by atoms with Gasteiger partial charge in [-0.05, 0) is 48.1 Å². The summed E-state index contributed by atoms with van der Waals surface area (Å²) in [5.41, 5.74) is 3.12. The Morgan fingerprint density at radius 2 is 2.04 bits per heavy atom. The minimum atomic E-state index is -0.0950. The van der Waals surface area contributed by atoms with Crippen molar-refractivity contribution in [3.63, 3.8) is 0 Å². The molecule has 1 aliphatic heterocycles. The number of carbonyl (C=O) groups excluding carboxylic acids is 1. The van der Waals surface area contributed by atoms with E-state index in [4.69, 9.17) is 11.6 Å². The quantitative estimate of drug-likeness (QED) is 0.856. The lowest BCUT2D eigenvalue weighted by Gasteiger charge is -2.27. The van der Waals surface area contributed by atoms with Crippen LogP contribution in [-0.4, -0.2) is 22.5 Å². The zero-order valence-electron chi connectivity index (χ0n) is 13.3. The van der Waals surface area contributed by atoms with Gasteiger partial charge in [0, 0.05) is 18.9 Å². The molecule has 6 heteroatoms. The second kappa shape index (κ2) is 6.40. The zero-order chi connectivity index (χ0) is 16.5. The highest BCUT2D eigenvalue weighted by atomic mass is 35.5. The van der Waals surface area contributed by atoms with Crippen molar-refractivity contribution in [1.82, 2.24) is 15.3 Å². The van der Waals surface area contributed by atoms with E-state index in [1.807, 2.05) is 29.4 Å². The summed E-state index contributed by atoms with van der Waals surface area (Å²) in [4.78, 5) is 22.7. The van der Waals surface area contributed by atoms with Crippen LogP contribution in [0.2, 0.25) is 5.15 Å². The fourth-order valence-corrected chi connectivity index (χ4v) is 4.03. The van der Waals surface area contributed by atoms with E-state index in [-0.39, 0.29) is 12.1 Å². The normalized spacial score (nSPS) is 21.3. The molecule has 2 aliphatic rings. The van der Waals surface area contributed by atoms with Gasteiger partial charge in [-0.25, -0.2) is 9.78 Å². The van der Waals surface area contributed by atoms with Gasteiger partial charge in [-0.3, -0.25) is 9.88 Å². The number of hydrogen-bond donors (Lipinski definition) is 1. The SMILES string of the molecule is O=C1NCC(c2ccnc(Cl)c2)N1c1cnccc1C1CCCC1. The first-order valence-corrected chi connectivity index (χ1v) is 8.74. The number of anilines is 1. The van der Waals surface area contributed by atoms with Crippen LogP contribution in [0.25, 0.3) is 0 Å². The summed E-state index contributed by atoms with van der Waals surface area (Å²) in [7, 11) is 0. The van der Waals surface area contributed by atoms with Crippen molar-refractivity contribution >= 4 is 23.3 Å². The Labute approximate surface area is 146 Å². The number of rotatable bonds is 3. The van der Waals surface area contributed by atoms with Crippen molar-refractivity contribution in [3.05, 3.63) is 53.1 Å². The number of halogens is 1. The summed E-state index contributed by atoms with van der Waals surface area (Å²) in [6.45, 7) is 0.554. The van der Waals surface area contributed by atoms with Gasteiger partial charge in [-0.2, -0.15) is 0 Å². The molecule has 0 spiro atoms. The lowest BCUT2D eigenvalue weighted by Crippen LogP contribution is -2.31. The zero-order valence-corrected chi connectivity index (χ0v) is 14.0. The number of hydrogen-bond acceptors (Lipinski definition) is 3. The van der Waals surface area contributed by atoms with E-state index in [0.717, 1.165) is 11.3 Å². The molecule has 4 rings (SSSR count). The Kier molecular flexibility index (Phi) is 4.10. The van der Waals surface area contributed by atoms with Crippen LogP contribution < -0.4 is 10.2 Å². The average molecular weight is 343 g/mol. The van der Waals surface area contributed by atoms with Gasteiger partial charge in [0.25, 0.3) is 0 Å². The van der Waals surface area contributed by atoms with Crippen molar-refractivity contribution in [2.75, 3.05) is 11.4 Å². The Bertz CT molecular complexity index is 760. The van der Waals surface area contributed by atoms with Crippen molar-refractivity contribution in [3.8, 4) is 0 Å². The highest BCUT2D eigenvalue weighted by Gasteiger charge is 2.36. The average Bonchev–Trinajstić information content (AvgIpc) is 3.24.